The molecule has 0 spiro atoms. The molecule has 1 aliphatic heterocycles. The lowest BCUT2D eigenvalue weighted by molar-refractivity contribution is 0.389. The smallest absolute Gasteiger partial charge is 0.221 e. The molecule has 0 aromatic heterocycles. The Morgan fingerprint density at radius 2 is 1.31 bits per heavy atom. The first-order valence-corrected chi connectivity index (χ1v) is 20.3. The van der Waals surface area contributed by atoms with Crippen LogP contribution in [0.5, 0.6) is 0 Å². The van der Waals surface area contributed by atoms with Crippen LogP contribution in [0, 0.1) is 0 Å². The van der Waals surface area contributed by atoms with Crippen molar-refractivity contribution >= 4 is 29.6 Å². The standard InChI is InChI=1S/C11H26OSi4/c1-9-16(10-2)12-11-13(3,4)14(5,6)15(16,7)8/h9-10H,1-2,11H2,3-8H3. The van der Waals surface area contributed by atoms with Gasteiger partial charge in [-0.15, -0.1) is 13.2 Å². The minimum absolute atomic E-state index is 1.03. The molecular formula is C11H26OSi4. The number of hydrogen-bond donors (Lipinski definition) is 0. The number of hydrogen-bond acceptors (Lipinski definition) is 1. The average molecular weight is 287 g/mol. The number of rotatable bonds is 2. The molecule has 0 saturated carbocycles. The third-order valence-corrected chi connectivity index (χ3v) is 67.5. The highest BCUT2D eigenvalue weighted by Gasteiger charge is 2.65. The summed E-state index contributed by atoms with van der Waals surface area (Å²) in [5, 5.41) is 0. The Hall–Kier alpha value is 0.308. The van der Waals surface area contributed by atoms with Gasteiger partial charge in [0.2, 0.25) is 7.83 Å². The van der Waals surface area contributed by atoms with Crippen LogP contribution in [0.1, 0.15) is 0 Å². The fourth-order valence-electron chi connectivity index (χ4n) is 2.71. The van der Waals surface area contributed by atoms with Gasteiger partial charge in [-0.05, 0) is 0 Å². The lowest BCUT2D eigenvalue weighted by atomic mass is 11.2. The van der Waals surface area contributed by atoms with Crippen LogP contribution in [-0.2, 0) is 4.43 Å². The fraction of sp³-hybridized carbons (Fsp3) is 0.636. The van der Waals surface area contributed by atoms with Crippen LogP contribution in [0.15, 0.2) is 24.6 Å². The third-order valence-electron chi connectivity index (χ3n) is 5.51. The highest BCUT2D eigenvalue weighted by Crippen LogP contribution is 2.40. The van der Waals surface area contributed by atoms with Crippen LogP contribution < -0.4 is 0 Å². The maximum Gasteiger partial charge on any atom is 0.221 e. The molecule has 1 saturated heterocycles. The molecule has 0 bridgehead atoms. The highest BCUT2D eigenvalue weighted by molar-refractivity contribution is 7.84. The van der Waals surface area contributed by atoms with Gasteiger partial charge in [-0.1, -0.05) is 50.7 Å². The van der Waals surface area contributed by atoms with Gasteiger partial charge in [-0.2, -0.15) is 0 Å². The first-order chi connectivity index (χ1) is 7.08. The Balaban J connectivity index is 3.37. The quantitative estimate of drug-likeness (QED) is 0.708. The largest absolute Gasteiger partial charge is 0.416 e. The first kappa shape index (κ1) is 14.4. The fourth-order valence-corrected chi connectivity index (χ4v) is 66.0. The molecule has 1 fully saturated rings. The van der Waals surface area contributed by atoms with E-state index in [1.54, 1.807) is 0 Å². The molecule has 1 rings (SSSR count). The van der Waals surface area contributed by atoms with Crippen LogP contribution >= 0.6 is 0 Å². The van der Waals surface area contributed by atoms with Crippen molar-refractivity contribution in [3.05, 3.63) is 24.6 Å². The van der Waals surface area contributed by atoms with E-state index in [1.165, 1.54) is 0 Å². The zero-order chi connectivity index (χ0) is 12.8. The molecule has 0 aromatic rings. The van der Waals surface area contributed by atoms with Crippen LogP contribution in [0.4, 0.5) is 0 Å². The van der Waals surface area contributed by atoms with Crippen molar-refractivity contribution in [2.45, 2.75) is 39.3 Å². The van der Waals surface area contributed by atoms with E-state index in [1.807, 2.05) is 0 Å². The Kier molecular flexibility index (Phi) is 3.51. The van der Waals surface area contributed by atoms with Crippen LogP contribution in [-0.4, -0.2) is 35.9 Å². The lowest BCUT2D eigenvalue weighted by Gasteiger charge is -2.59. The molecule has 1 heterocycles. The summed E-state index contributed by atoms with van der Waals surface area (Å²) in [5.74, 6) is 0. The topological polar surface area (TPSA) is 9.23 Å². The second-order valence-electron chi connectivity index (χ2n) is 6.62. The maximum absolute atomic E-state index is 6.39. The molecule has 0 aliphatic carbocycles. The normalized spacial score (nSPS) is 29.4. The molecule has 0 amide bonds. The van der Waals surface area contributed by atoms with E-state index in [9.17, 15) is 0 Å². The molecule has 0 radical (unpaired) electrons. The predicted octanol–water partition coefficient (Wildman–Crippen LogP) is 3.31. The summed E-state index contributed by atoms with van der Waals surface area (Å²) in [5.41, 5.74) is 4.31. The molecular weight excluding hydrogens is 260 g/mol. The molecule has 16 heavy (non-hydrogen) atoms. The molecule has 0 atom stereocenters. The predicted molar refractivity (Wildman–Crippen MR) is 84.5 cm³/mol. The van der Waals surface area contributed by atoms with E-state index >= 15 is 0 Å². The van der Waals surface area contributed by atoms with Crippen molar-refractivity contribution in [3.63, 3.8) is 0 Å². The summed E-state index contributed by atoms with van der Waals surface area (Å²) in [4.78, 5) is 0. The zero-order valence-electron chi connectivity index (χ0n) is 11.7. The van der Waals surface area contributed by atoms with Crippen LogP contribution in [0.2, 0.25) is 39.3 Å². The summed E-state index contributed by atoms with van der Waals surface area (Å²) < 4.78 is 6.39. The van der Waals surface area contributed by atoms with E-state index in [-0.39, 0.29) is 0 Å². The molecule has 0 N–H and O–H groups in total. The monoisotopic (exact) mass is 286 g/mol. The van der Waals surface area contributed by atoms with Crippen molar-refractivity contribution in [3.8, 4) is 0 Å². The van der Waals surface area contributed by atoms with Gasteiger partial charge in [0.15, 0.2) is 0 Å². The SMILES string of the molecule is C=C[Si]1(C=C)OC[Si](C)(C)[Si](C)(C)[Si]1(C)C. The van der Waals surface area contributed by atoms with Gasteiger partial charge in [0, 0.05) is 13.3 Å². The van der Waals surface area contributed by atoms with E-state index in [0.29, 0.717) is 0 Å². The van der Waals surface area contributed by atoms with Crippen LogP contribution in [0.25, 0.3) is 0 Å². The molecule has 1 aliphatic rings. The van der Waals surface area contributed by atoms with Crippen molar-refractivity contribution in [1.29, 1.82) is 0 Å². The second kappa shape index (κ2) is 3.91. The zero-order valence-corrected chi connectivity index (χ0v) is 15.7. The minimum atomic E-state index is -1.82. The molecule has 92 valence electrons. The van der Waals surface area contributed by atoms with Gasteiger partial charge in [0.1, 0.15) is 0 Å². The molecule has 5 heteroatoms. The Morgan fingerprint density at radius 1 is 0.875 bits per heavy atom. The van der Waals surface area contributed by atoms with Crippen LogP contribution in [0.3, 0.4) is 0 Å². The summed E-state index contributed by atoms with van der Waals surface area (Å²) in [7, 11) is -5.48. The van der Waals surface area contributed by atoms with Gasteiger partial charge in [-0.3, -0.25) is 0 Å². The average Bonchev–Trinajstić information content (AvgIpc) is 2.17. The molecule has 1 nitrogen and oxygen atoms in total. The minimum Gasteiger partial charge on any atom is -0.416 e. The Morgan fingerprint density at radius 3 is 1.69 bits per heavy atom. The van der Waals surface area contributed by atoms with E-state index in [0.717, 1.165) is 6.23 Å². The molecule has 0 unspecified atom stereocenters. The van der Waals surface area contributed by atoms with Crippen molar-refractivity contribution in [1.82, 2.24) is 0 Å². The third kappa shape index (κ3) is 1.56. The van der Waals surface area contributed by atoms with Gasteiger partial charge in [0.05, 0.1) is 14.7 Å². The van der Waals surface area contributed by atoms with Crippen molar-refractivity contribution < 1.29 is 4.43 Å². The van der Waals surface area contributed by atoms with Gasteiger partial charge >= 0.3 is 0 Å². The summed E-state index contributed by atoms with van der Waals surface area (Å²) >= 11 is 0. The highest BCUT2D eigenvalue weighted by atomic mass is 29.8. The van der Waals surface area contributed by atoms with E-state index < -0.39 is 29.6 Å². The first-order valence-electron chi connectivity index (χ1n) is 5.99. The van der Waals surface area contributed by atoms with Gasteiger partial charge in [0.25, 0.3) is 0 Å². The van der Waals surface area contributed by atoms with Gasteiger partial charge < -0.3 is 4.43 Å². The molecule has 0 aromatic carbocycles. The van der Waals surface area contributed by atoms with Crippen molar-refractivity contribution in [2.24, 2.45) is 0 Å². The Labute approximate surface area is 104 Å². The van der Waals surface area contributed by atoms with E-state index in [2.05, 4.69) is 63.8 Å². The second-order valence-corrected chi connectivity index (χ2v) is 44.3. The summed E-state index contributed by atoms with van der Waals surface area (Å²) in [6.45, 7) is 23.5. The summed E-state index contributed by atoms with van der Waals surface area (Å²) in [6.07, 6.45) is 1.03. The lowest BCUT2D eigenvalue weighted by Crippen LogP contribution is -2.85. The Bertz CT molecular complexity index is 312. The van der Waals surface area contributed by atoms with Gasteiger partial charge in [-0.25, -0.2) is 0 Å². The van der Waals surface area contributed by atoms with Crippen molar-refractivity contribution in [2.75, 3.05) is 6.23 Å². The summed E-state index contributed by atoms with van der Waals surface area (Å²) in [6, 6.07) is 0. The maximum atomic E-state index is 6.39. The van der Waals surface area contributed by atoms with E-state index in [4.69, 9.17) is 4.43 Å².